The lowest BCUT2D eigenvalue weighted by molar-refractivity contribution is 1.17. The summed E-state index contributed by atoms with van der Waals surface area (Å²) in [5, 5.41) is 0. The molecule has 0 unspecified atom stereocenters. The van der Waals surface area contributed by atoms with Crippen molar-refractivity contribution < 1.29 is 0 Å². The van der Waals surface area contributed by atoms with Crippen LogP contribution in [0.5, 0.6) is 0 Å². The molecule has 3 heterocycles. The predicted octanol–water partition coefficient (Wildman–Crippen LogP) is -18.9. The molecule has 446 valence electrons. The van der Waals surface area contributed by atoms with Crippen LogP contribution < -0.4 is 193 Å². The molecular weight excluding hydrogens is 1320 g/mol. The van der Waals surface area contributed by atoms with Crippen LogP contribution >= 0.6 is 0 Å². The molecule has 1 fully saturated rings. The molecule has 3 aliphatic rings. The summed E-state index contributed by atoms with van der Waals surface area (Å²) in [5.41, 5.74) is 14.2. The van der Waals surface area contributed by atoms with E-state index in [2.05, 4.69) is 4.72 Å². The van der Waals surface area contributed by atoms with Crippen molar-refractivity contribution in [2.75, 3.05) is 23.8 Å². The highest BCUT2D eigenvalue weighted by Crippen LogP contribution is 2.57. The van der Waals surface area contributed by atoms with Crippen LogP contribution in [0.15, 0.2) is 127 Å². The molecule has 1 saturated heterocycles. The number of benzene rings is 12. The lowest BCUT2D eigenvalue weighted by Gasteiger charge is -2.52. The van der Waals surface area contributed by atoms with Crippen molar-refractivity contribution in [2.24, 2.45) is 5.64 Å². The Morgan fingerprint density at radius 2 is 0.402 bits per heavy atom. The zero-order valence-corrected chi connectivity index (χ0v) is 60.2. The number of hydrogen-bond donors (Lipinski definition) is 1. The number of rotatable bonds is 11. The van der Waals surface area contributed by atoms with Gasteiger partial charge in [0.05, 0.1) is 11.4 Å². The van der Waals surface area contributed by atoms with E-state index in [4.69, 9.17) is 241 Å². The molecule has 15 rings (SSSR count). The molecule has 0 amide bonds. The van der Waals surface area contributed by atoms with Gasteiger partial charge in [-0.05, 0) is 86.0 Å². The van der Waals surface area contributed by atoms with E-state index < -0.39 is 21.4 Å². The Morgan fingerprint density at radius 1 is 0.205 bits per heavy atom. The number of para-hydroxylation sites is 7. The lowest BCUT2D eigenvalue weighted by Crippen LogP contribution is -2.84. The third-order valence-electron chi connectivity index (χ3n) is 22.0. The van der Waals surface area contributed by atoms with E-state index in [9.17, 15) is 0 Å². The Hall–Kier alpha value is -8.26. The fourth-order valence-electron chi connectivity index (χ4n) is 16.2. The first-order chi connectivity index (χ1) is 53.1. The topological polar surface area (TPSA) is 42.2 Å². The van der Waals surface area contributed by atoms with Crippen molar-refractivity contribution in [2.45, 2.75) is 6.42 Å². The summed E-state index contributed by atoms with van der Waals surface area (Å²) < 4.78 is 6.16. The first kappa shape index (κ1) is 79.0. The molecule has 0 aromatic heterocycles. The van der Waals surface area contributed by atoms with Gasteiger partial charge in [0.25, 0.3) is 0 Å². The maximum atomic E-state index is 8.55. The average Bonchev–Trinajstić information content (AvgIpc) is 1.70. The van der Waals surface area contributed by atoms with E-state index in [0.29, 0.717) is 67.5 Å². The van der Waals surface area contributed by atoms with Gasteiger partial charge in [0.15, 0.2) is 0 Å². The molecule has 0 bridgehead atoms. The summed E-state index contributed by atoms with van der Waals surface area (Å²) in [6, 6.07) is 38.5. The maximum Gasteiger partial charge on any atom is 0.489 e. The largest absolute Gasteiger partial charge is 0.489 e. The van der Waals surface area contributed by atoms with Crippen molar-refractivity contribution in [1.82, 2.24) is 0 Å². The quantitative estimate of drug-likeness (QED) is 0.130. The van der Waals surface area contributed by atoms with E-state index in [1.165, 1.54) is 0 Å². The summed E-state index contributed by atoms with van der Waals surface area (Å²) in [4.78, 5) is 4.04. The van der Waals surface area contributed by atoms with Crippen molar-refractivity contribution in [3.8, 4) is 66.8 Å². The molecule has 12 aromatic carbocycles. The summed E-state index contributed by atoms with van der Waals surface area (Å²) in [6.45, 7) is 0. The van der Waals surface area contributed by atoms with Gasteiger partial charge in [-0.15, -0.1) is 98.3 Å². The van der Waals surface area contributed by atoms with Crippen LogP contribution in [0.1, 0.15) is 11.1 Å². The van der Waals surface area contributed by atoms with Crippen molar-refractivity contribution in [3.63, 3.8) is 0 Å². The van der Waals surface area contributed by atoms with E-state index in [0.717, 1.165) is 0 Å². The van der Waals surface area contributed by atoms with Gasteiger partial charge in [0.2, 0.25) is 0 Å². The zero-order chi connectivity index (χ0) is 80.6. The van der Waals surface area contributed by atoms with Crippen LogP contribution in [0.2, 0.25) is 0 Å². The molecule has 60 radical (unpaired) electrons. The van der Waals surface area contributed by atoms with Gasteiger partial charge in [-0.25, -0.2) is 0 Å². The number of hydrogen-bond acceptors (Lipinski definition) is 6. The second-order valence-corrected chi connectivity index (χ2v) is 27.7. The van der Waals surface area contributed by atoms with Crippen LogP contribution in [0.4, 0.5) is 39.8 Å². The highest BCUT2D eigenvalue weighted by molar-refractivity contribution is 7.09. The Balaban J connectivity index is 1.11. The number of nitrogens with zero attached hydrogens (tertiary/aromatic N) is 5. The maximum absolute atomic E-state index is 8.55. The molecule has 39 heteroatoms. The summed E-state index contributed by atoms with van der Waals surface area (Å²) in [7, 11) is 204. The van der Waals surface area contributed by atoms with Crippen LogP contribution in [0.3, 0.4) is 0 Å². The van der Waals surface area contributed by atoms with Crippen LogP contribution in [0.25, 0.3) is 66.8 Å². The molecule has 0 atom stereocenters. The van der Waals surface area contributed by atoms with Crippen molar-refractivity contribution in [3.05, 3.63) is 139 Å². The highest BCUT2D eigenvalue weighted by atomic mass is 15.5. The lowest BCUT2D eigenvalue weighted by atomic mass is 9.55. The number of fused-ring (bicyclic) bond motifs is 7. The Morgan fingerprint density at radius 3 is 0.670 bits per heavy atom. The van der Waals surface area contributed by atoms with E-state index >= 15 is 0 Å². The molecule has 0 saturated carbocycles. The normalized spacial score (nSPS) is 12.9. The highest BCUT2D eigenvalue weighted by Gasteiger charge is 2.66. The second kappa shape index (κ2) is 29.2. The fourth-order valence-corrected chi connectivity index (χ4v) is 16.2. The van der Waals surface area contributed by atoms with Gasteiger partial charge in [0.1, 0.15) is 235 Å². The smallest absolute Gasteiger partial charge is 0.389 e. The Labute approximate surface area is 696 Å². The van der Waals surface area contributed by atoms with Crippen LogP contribution in [-0.2, 0) is 6.42 Å². The molecule has 6 nitrogen and oxygen atoms in total. The standard InChI is InChI=1S/C73H25B33N6/c74-42-36(43(75)55(87)66(98)54(42)86)24-11-7-12-25(37-44(76)56(88)67(99)57(89)45(37)77)30(24)22-23-10-1-2-17-31(23)110-104(107)111-34-20-5-3-18-32(34)108(72-26(38-46(78)58(90)68(100)59(91)47(38)79)13-8-14-27(72)39-48(80)60(92)69(101)61(93)49(39)81)106(111)112-35-21-6-4-19-33(35)109(105(110)112)73-28(40-50(82)62(94)70(102)63(95)51(40)83)15-9-16-29(73)41-52(84)64(96)71(103)65(97)53(41)85/h1-21H,22,107H2. The predicted molar refractivity (Wildman–Crippen MR) is 509 cm³/mol. The Kier molecular flexibility index (Phi) is 20.6. The molecule has 112 heavy (non-hydrogen) atoms. The molecular formula is C73H25B33N6. The van der Waals surface area contributed by atoms with E-state index in [-0.39, 0.29) is 220 Å². The Bertz CT molecular complexity index is 5700. The number of nitrogens with two attached hydrogens (primary N) is 1. The van der Waals surface area contributed by atoms with E-state index in [1.54, 1.807) is 54.6 Å². The second-order valence-electron chi connectivity index (χ2n) is 27.7. The number of anilines is 7. The van der Waals surface area contributed by atoms with Gasteiger partial charge in [-0.3, -0.25) is 0 Å². The van der Waals surface area contributed by atoms with Crippen molar-refractivity contribution >= 4 is 460 Å². The molecule has 0 spiro atoms. The first-order valence-corrected chi connectivity index (χ1v) is 34.5. The van der Waals surface area contributed by atoms with Gasteiger partial charge in [-0.1, -0.05) is 163 Å². The average molecular weight is 1340 g/mol. The third kappa shape index (κ3) is 11.6. The fraction of sp³-hybridized carbons (Fsp3) is 0.0137. The molecule has 2 N–H and O–H groups in total. The minimum absolute atomic E-state index is 0.00268. The minimum atomic E-state index is -1.38. The van der Waals surface area contributed by atoms with Crippen LogP contribution in [0, 0.1) is 0 Å². The third-order valence-corrected chi connectivity index (χ3v) is 22.0. The van der Waals surface area contributed by atoms with Gasteiger partial charge >= 0.3 is 21.4 Å². The van der Waals surface area contributed by atoms with Crippen molar-refractivity contribution in [1.29, 1.82) is 0 Å². The van der Waals surface area contributed by atoms with Gasteiger partial charge < -0.3 is 29.4 Å². The monoisotopic (exact) mass is 1350 g/mol. The van der Waals surface area contributed by atoms with Gasteiger partial charge in [-0.2, -0.15) is 0 Å². The molecule has 12 aromatic rings. The summed E-state index contributed by atoms with van der Waals surface area (Å²) >= 11 is 0. The first-order valence-electron chi connectivity index (χ1n) is 34.5. The zero-order valence-electron chi connectivity index (χ0n) is 60.2. The van der Waals surface area contributed by atoms with E-state index in [1.807, 2.05) is 91.9 Å². The van der Waals surface area contributed by atoms with Crippen LogP contribution in [-0.4, -0.2) is 257 Å². The molecule has 3 aliphatic heterocycles. The SMILES string of the molecule is [B]c1c([B])c([B])c(-c2cccc(-c3c([B])c([B])c([B])c([B])c3[B])c2Cc2ccccc2N2B(N)N3B(N4B2N(c2c(-c5c([B])c([B])c([B])c([B])c5[B])cccc2-c2c([B])c([B])c([B])c([B])c2[B])c2ccccc24)N(c2c(-c4c([B])c([B])c([B])c([B])c4[B])cccc2-c2c([B])c([B])c([B])c([B])c2[B])c2ccccc23)c([B])c1[B]. The minimum Gasteiger partial charge on any atom is -0.389 e. The van der Waals surface area contributed by atoms with Gasteiger partial charge in [0, 0.05) is 57.1 Å². The molecule has 0 aliphatic carbocycles. The summed E-state index contributed by atoms with van der Waals surface area (Å²) in [6.07, 6.45) is -0.0804. The summed E-state index contributed by atoms with van der Waals surface area (Å²) in [5.74, 6) is 0.